The lowest BCUT2D eigenvalue weighted by Crippen LogP contribution is -2.21. The molecule has 2 amide bonds. The number of carbonyl (C=O) groups excluding carboxylic acids is 2. The van der Waals surface area contributed by atoms with E-state index in [1.807, 2.05) is 24.3 Å². The highest BCUT2D eigenvalue weighted by Gasteiger charge is 2.09. The zero-order chi connectivity index (χ0) is 14.3. The largest absolute Gasteiger partial charge is 0.352 e. The van der Waals surface area contributed by atoms with E-state index in [0.29, 0.717) is 18.9 Å². The molecular weight excluding hydrogens is 240 g/mol. The predicted molar refractivity (Wildman–Crippen MR) is 76.7 cm³/mol. The lowest BCUT2D eigenvalue weighted by Gasteiger charge is -2.13. The molecule has 0 aliphatic carbocycles. The Balaban J connectivity index is 2.66. The van der Waals surface area contributed by atoms with Crippen LogP contribution >= 0.6 is 0 Å². The molecule has 1 rings (SSSR count). The van der Waals surface area contributed by atoms with Gasteiger partial charge in [0.15, 0.2) is 0 Å². The van der Waals surface area contributed by atoms with Crippen molar-refractivity contribution in [3.63, 3.8) is 0 Å². The SMILES string of the molecule is CCC(C)CC(=O)Nc1ccccc1CNC(C)=O. The highest BCUT2D eigenvalue weighted by atomic mass is 16.2. The molecule has 0 fully saturated rings. The second kappa shape index (κ2) is 7.56. The molecule has 0 aliphatic rings. The number of amides is 2. The zero-order valence-electron chi connectivity index (χ0n) is 11.8. The molecule has 2 N–H and O–H groups in total. The lowest BCUT2D eigenvalue weighted by molar-refractivity contribution is -0.119. The van der Waals surface area contributed by atoms with Crippen LogP contribution in [0, 0.1) is 5.92 Å². The molecule has 0 bridgehead atoms. The maximum absolute atomic E-state index is 11.9. The predicted octanol–water partition coefficient (Wildman–Crippen LogP) is 2.70. The van der Waals surface area contributed by atoms with Gasteiger partial charge in [0.1, 0.15) is 0 Å². The summed E-state index contributed by atoms with van der Waals surface area (Å²) in [4.78, 5) is 22.8. The molecule has 0 spiro atoms. The third kappa shape index (κ3) is 5.55. The molecule has 0 aromatic heterocycles. The summed E-state index contributed by atoms with van der Waals surface area (Å²) in [6, 6.07) is 7.51. The quantitative estimate of drug-likeness (QED) is 0.828. The van der Waals surface area contributed by atoms with Gasteiger partial charge in [-0.25, -0.2) is 0 Å². The van der Waals surface area contributed by atoms with Gasteiger partial charge in [0.05, 0.1) is 0 Å². The number of benzene rings is 1. The summed E-state index contributed by atoms with van der Waals surface area (Å²) in [6.45, 7) is 6.03. The Hall–Kier alpha value is -1.84. The standard InChI is InChI=1S/C15H22N2O2/c1-4-11(2)9-15(19)17-14-8-6-5-7-13(14)10-16-12(3)18/h5-8,11H,4,9-10H2,1-3H3,(H,16,18)(H,17,19). The smallest absolute Gasteiger partial charge is 0.224 e. The minimum atomic E-state index is -0.0827. The average Bonchev–Trinajstić information content (AvgIpc) is 2.37. The van der Waals surface area contributed by atoms with Crippen molar-refractivity contribution >= 4 is 17.5 Å². The number of hydrogen-bond donors (Lipinski definition) is 2. The minimum Gasteiger partial charge on any atom is -0.352 e. The number of anilines is 1. The number of hydrogen-bond acceptors (Lipinski definition) is 2. The van der Waals surface area contributed by atoms with Gasteiger partial charge >= 0.3 is 0 Å². The Kier molecular flexibility index (Phi) is 6.06. The summed E-state index contributed by atoms with van der Waals surface area (Å²) in [6.07, 6.45) is 1.51. The van der Waals surface area contributed by atoms with E-state index in [9.17, 15) is 9.59 Å². The Morgan fingerprint density at radius 1 is 1.26 bits per heavy atom. The third-order valence-corrected chi connectivity index (χ3v) is 3.05. The van der Waals surface area contributed by atoms with E-state index < -0.39 is 0 Å². The van der Waals surface area contributed by atoms with Gasteiger partial charge in [-0.2, -0.15) is 0 Å². The van der Waals surface area contributed by atoms with Crippen molar-refractivity contribution in [3.05, 3.63) is 29.8 Å². The fourth-order valence-electron chi connectivity index (χ4n) is 1.68. The van der Waals surface area contributed by atoms with Crippen LogP contribution in [0.15, 0.2) is 24.3 Å². The first kappa shape index (κ1) is 15.2. The van der Waals surface area contributed by atoms with Crippen LogP contribution < -0.4 is 10.6 Å². The first-order valence-electron chi connectivity index (χ1n) is 6.65. The summed E-state index contributed by atoms with van der Waals surface area (Å²) >= 11 is 0. The molecule has 0 saturated heterocycles. The van der Waals surface area contributed by atoms with Gasteiger partial charge in [0.25, 0.3) is 0 Å². The molecule has 1 aromatic rings. The lowest BCUT2D eigenvalue weighted by atomic mass is 10.0. The average molecular weight is 262 g/mol. The van der Waals surface area contributed by atoms with E-state index in [1.165, 1.54) is 6.92 Å². The van der Waals surface area contributed by atoms with E-state index in [1.54, 1.807) is 0 Å². The van der Waals surface area contributed by atoms with E-state index in [0.717, 1.165) is 17.7 Å². The van der Waals surface area contributed by atoms with E-state index in [2.05, 4.69) is 24.5 Å². The molecule has 1 aromatic carbocycles. The molecule has 4 nitrogen and oxygen atoms in total. The van der Waals surface area contributed by atoms with Crippen LogP contribution in [0.4, 0.5) is 5.69 Å². The molecule has 104 valence electrons. The van der Waals surface area contributed by atoms with Crippen molar-refractivity contribution in [3.8, 4) is 0 Å². The first-order valence-corrected chi connectivity index (χ1v) is 6.65. The van der Waals surface area contributed by atoms with Crippen LogP contribution in [0.2, 0.25) is 0 Å². The maximum Gasteiger partial charge on any atom is 0.224 e. The van der Waals surface area contributed by atoms with Crippen molar-refractivity contribution in [2.75, 3.05) is 5.32 Å². The third-order valence-electron chi connectivity index (χ3n) is 3.05. The van der Waals surface area contributed by atoms with Gasteiger partial charge < -0.3 is 10.6 Å². The summed E-state index contributed by atoms with van der Waals surface area (Å²) in [5.41, 5.74) is 1.68. The second-order valence-corrected chi connectivity index (χ2v) is 4.83. The number of rotatable bonds is 6. The van der Waals surface area contributed by atoms with Crippen LogP contribution in [0.3, 0.4) is 0 Å². The molecular formula is C15H22N2O2. The van der Waals surface area contributed by atoms with Crippen molar-refractivity contribution in [1.82, 2.24) is 5.32 Å². The van der Waals surface area contributed by atoms with Crippen LogP contribution in [-0.2, 0) is 16.1 Å². The molecule has 0 saturated carbocycles. The van der Waals surface area contributed by atoms with Gasteiger partial charge in [0.2, 0.25) is 11.8 Å². The van der Waals surface area contributed by atoms with E-state index in [4.69, 9.17) is 0 Å². The van der Waals surface area contributed by atoms with Crippen molar-refractivity contribution in [2.45, 2.75) is 40.2 Å². The van der Waals surface area contributed by atoms with Gasteiger partial charge in [-0.1, -0.05) is 38.5 Å². The molecule has 0 radical (unpaired) electrons. The van der Waals surface area contributed by atoms with Crippen LogP contribution in [0.25, 0.3) is 0 Å². The summed E-state index contributed by atoms with van der Waals surface area (Å²) in [5.74, 6) is 0.313. The molecule has 19 heavy (non-hydrogen) atoms. The second-order valence-electron chi connectivity index (χ2n) is 4.83. The molecule has 0 heterocycles. The summed E-state index contributed by atoms with van der Waals surface area (Å²) in [5, 5.41) is 5.65. The monoisotopic (exact) mass is 262 g/mol. The fraction of sp³-hybridized carbons (Fsp3) is 0.467. The molecule has 1 atom stereocenters. The molecule has 4 heteroatoms. The Morgan fingerprint density at radius 2 is 1.95 bits per heavy atom. The zero-order valence-corrected chi connectivity index (χ0v) is 11.8. The Morgan fingerprint density at radius 3 is 2.58 bits per heavy atom. The normalized spacial score (nSPS) is 11.7. The van der Waals surface area contributed by atoms with Crippen LogP contribution in [0.1, 0.15) is 39.2 Å². The summed E-state index contributed by atoms with van der Waals surface area (Å²) in [7, 11) is 0. The van der Waals surface area contributed by atoms with E-state index >= 15 is 0 Å². The van der Waals surface area contributed by atoms with Crippen molar-refractivity contribution in [2.24, 2.45) is 5.92 Å². The van der Waals surface area contributed by atoms with Gasteiger partial charge in [-0.05, 0) is 17.5 Å². The topological polar surface area (TPSA) is 58.2 Å². The molecule has 0 aliphatic heterocycles. The van der Waals surface area contributed by atoms with Crippen LogP contribution in [-0.4, -0.2) is 11.8 Å². The van der Waals surface area contributed by atoms with Gasteiger partial charge in [0, 0.05) is 25.6 Å². The van der Waals surface area contributed by atoms with Crippen molar-refractivity contribution in [1.29, 1.82) is 0 Å². The minimum absolute atomic E-state index is 0.0182. The van der Waals surface area contributed by atoms with Gasteiger partial charge in [-0.15, -0.1) is 0 Å². The fourth-order valence-corrected chi connectivity index (χ4v) is 1.68. The Labute approximate surface area is 114 Å². The molecule has 1 unspecified atom stereocenters. The first-order chi connectivity index (χ1) is 9.02. The Bertz CT molecular complexity index is 444. The summed E-state index contributed by atoms with van der Waals surface area (Å²) < 4.78 is 0. The maximum atomic E-state index is 11.9. The van der Waals surface area contributed by atoms with Crippen LogP contribution in [0.5, 0.6) is 0 Å². The van der Waals surface area contributed by atoms with E-state index in [-0.39, 0.29) is 11.8 Å². The number of carbonyl (C=O) groups is 2. The van der Waals surface area contributed by atoms with Crippen molar-refractivity contribution < 1.29 is 9.59 Å². The highest BCUT2D eigenvalue weighted by molar-refractivity contribution is 5.91. The number of para-hydroxylation sites is 1. The number of nitrogens with one attached hydrogen (secondary N) is 2. The van der Waals surface area contributed by atoms with Gasteiger partial charge in [-0.3, -0.25) is 9.59 Å². The highest BCUT2D eigenvalue weighted by Crippen LogP contribution is 2.16.